The summed E-state index contributed by atoms with van der Waals surface area (Å²) in [5.74, 6) is -3.07. The van der Waals surface area contributed by atoms with Gasteiger partial charge in [0.2, 0.25) is 0 Å². The minimum atomic E-state index is -1.20. The van der Waals surface area contributed by atoms with Gasteiger partial charge >= 0.3 is 0 Å². The minimum absolute atomic E-state index is 0.0398. The monoisotopic (exact) mass is 286 g/mol. The fraction of sp³-hybridized carbons (Fsp3) is 0.231. The van der Waals surface area contributed by atoms with Gasteiger partial charge in [0.1, 0.15) is 5.82 Å². The van der Waals surface area contributed by atoms with Gasteiger partial charge in [-0.2, -0.15) is 0 Å². The highest BCUT2D eigenvalue weighted by Crippen LogP contribution is 2.21. The zero-order chi connectivity index (χ0) is 13.8. The van der Waals surface area contributed by atoms with Crippen LogP contribution in [-0.4, -0.2) is 6.54 Å². The standard InChI is InChI=1S/C13H13F3N2S/c14-10-5-12(16)11(15)4-9(10)13(6-17)18-7-8-2-1-3-19-8/h1-5,13,18H,6-7,17H2. The molecule has 2 rings (SSSR count). The van der Waals surface area contributed by atoms with Gasteiger partial charge in [0, 0.05) is 35.6 Å². The first-order valence-electron chi connectivity index (χ1n) is 5.72. The van der Waals surface area contributed by atoms with Crippen LogP contribution in [0.2, 0.25) is 0 Å². The summed E-state index contributed by atoms with van der Waals surface area (Å²) in [6.45, 7) is 0.589. The fourth-order valence-corrected chi connectivity index (χ4v) is 2.42. The Morgan fingerprint density at radius 1 is 1.16 bits per heavy atom. The van der Waals surface area contributed by atoms with Crippen LogP contribution in [-0.2, 0) is 6.54 Å². The van der Waals surface area contributed by atoms with Crippen LogP contribution in [0, 0.1) is 17.5 Å². The van der Waals surface area contributed by atoms with Gasteiger partial charge in [0.05, 0.1) is 0 Å². The van der Waals surface area contributed by atoms with Crippen LogP contribution in [0.4, 0.5) is 13.2 Å². The SMILES string of the molecule is NCC(NCc1cccs1)c1cc(F)c(F)cc1F. The van der Waals surface area contributed by atoms with Crippen molar-refractivity contribution in [2.45, 2.75) is 12.6 Å². The van der Waals surface area contributed by atoms with Crippen molar-refractivity contribution in [1.82, 2.24) is 5.32 Å². The van der Waals surface area contributed by atoms with Crippen molar-refractivity contribution in [2.75, 3.05) is 6.54 Å². The third-order valence-corrected chi connectivity index (χ3v) is 3.63. The van der Waals surface area contributed by atoms with E-state index < -0.39 is 23.5 Å². The van der Waals surface area contributed by atoms with Crippen molar-refractivity contribution in [3.05, 3.63) is 57.5 Å². The van der Waals surface area contributed by atoms with Crippen LogP contribution in [0.25, 0.3) is 0 Å². The highest BCUT2D eigenvalue weighted by atomic mass is 32.1. The molecule has 0 aliphatic carbocycles. The summed E-state index contributed by atoms with van der Waals surface area (Å²) in [4.78, 5) is 1.06. The van der Waals surface area contributed by atoms with E-state index in [4.69, 9.17) is 5.73 Å². The summed E-state index contributed by atoms with van der Waals surface area (Å²) in [5, 5.41) is 4.96. The van der Waals surface area contributed by atoms with Crippen LogP contribution in [0.1, 0.15) is 16.5 Å². The molecule has 6 heteroatoms. The Morgan fingerprint density at radius 3 is 2.53 bits per heavy atom. The smallest absolute Gasteiger partial charge is 0.161 e. The quantitative estimate of drug-likeness (QED) is 0.829. The molecule has 1 heterocycles. The van der Waals surface area contributed by atoms with Crippen LogP contribution in [0.15, 0.2) is 29.6 Å². The summed E-state index contributed by atoms with van der Waals surface area (Å²) in [7, 11) is 0. The van der Waals surface area contributed by atoms with E-state index in [1.807, 2.05) is 17.5 Å². The number of rotatable bonds is 5. The molecular weight excluding hydrogens is 273 g/mol. The maximum absolute atomic E-state index is 13.6. The highest BCUT2D eigenvalue weighted by Gasteiger charge is 2.17. The highest BCUT2D eigenvalue weighted by molar-refractivity contribution is 7.09. The Balaban J connectivity index is 2.15. The Kier molecular flexibility index (Phi) is 4.57. The molecule has 0 bridgehead atoms. The summed E-state index contributed by atoms with van der Waals surface area (Å²) >= 11 is 1.55. The average Bonchev–Trinajstić information content (AvgIpc) is 2.89. The first kappa shape index (κ1) is 14.0. The minimum Gasteiger partial charge on any atom is -0.329 e. The lowest BCUT2D eigenvalue weighted by atomic mass is 10.1. The molecule has 0 spiro atoms. The van der Waals surface area contributed by atoms with Crippen molar-refractivity contribution < 1.29 is 13.2 Å². The topological polar surface area (TPSA) is 38.0 Å². The molecule has 0 aliphatic rings. The van der Waals surface area contributed by atoms with Crippen LogP contribution < -0.4 is 11.1 Å². The number of halogens is 3. The summed E-state index contributed by atoms with van der Waals surface area (Å²) in [5.41, 5.74) is 5.60. The molecule has 0 radical (unpaired) electrons. The second-order valence-electron chi connectivity index (χ2n) is 4.04. The lowest BCUT2D eigenvalue weighted by molar-refractivity contribution is 0.467. The van der Waals surface area contributed by atoms with Gasteiger partial charge in [-0.05, 0) is 17.5 Å². The molecule has 1 aromatic carbocycles. The molecule has 0 saturated heterocycles. The van der Waals surface area contributed by atoms with Crippen molar-refractivity contribution in [3.63, 3.8) is 0 Å². The van der Waals surface area contributed by atoms with Crippen molar-refractivity contribution in [2.24, 2.45) is 5.73 Å². The van der Waals surface area contributed by atoms with E-state index in [9.17, 15) is 13.2 Å². The van der Waals surface area contributed by atoms with Crippen LogP contribution >= 0.6 is 11.3 Å². The van der Waals surface area contributed by atoms with Gasteiger partial charge in [-0.15, -0.1) is 11.3 Å². The maximum atomic E-state index is 13.6. The number of nitrogens with one attached hydrogen (secondary N) is 1. The molecule has 2 aromatic rings. The van der Waals surface area contributed by atoms with Crippen LogP contribution in [0.3, 0.4) is 0 Å². The Morgan fingerprint density at radius 2 is 1.89 bits per heavy atom. The zero-order valence-corrected chi connectivity index (χ0v) is 10.8. The molecule has 1 unspecified atom stereocenters. The zero-order valence-electron chi connectivity index (χ0n) is 10.00. The number of hydrogen-bond acceptors (Lipinski definition) is 3. The molecule has 0 fully saturated rings. The molecule has 1 aromatic heterocycles. The number of hydrogen-bond donors (Lipinski definition) is 2. The molecule has 102 valence electrons. The maximum Gasteiger partial charge on any atom is 0.161 e. The van der Waals surface area contributed by atoms with E-state index in [1.54, 1.807) is 11.3 Å². The van der Waals surface area contributed by atoms with Crippen molar-refractivity contribution in [3.8, 4) is 0 Å². The molecule has 1 atom stereocenters. The summed E-state index contributed by atoms with van der Waals surface area (Å²) in [6, 6.07) is 4.66. The number of thiophene rings is 1. The number of benzene rings is 1. The normalized spacial score (nSPS) is 12.6. The Hall–Kier alpha value is -1.37. The lowest BCUT2D eigenvalue weighted by Crippen LogP contribution is -2.28. The second kappa shape index (κ2) is 6.18. The third kappa shape index (κ3) is 3.34. The summed E-state index contributed by atoms with van der Waals surface area (Å²) < 4.78 is 39.7. The van der Waals surface area contributed by atoms with Crippen LogP contribution in [0.5, 0.6) is 0 Å². The van der Waals surface area contributed by atoms with Gasteiger partial charge in [-0.25, -0.2) is 13.2 Å². The lowest BCUT2D eigenvalue weighted by Gasteiger charge is -2.17. The predicted octanol–water partition coefficient (Wildman–Crippen LogP) is 2.96. The Labute approximate surface area is 113 Å². The second-order valence-corrected chi connectivity index (χ2v) is 5.07. The largest absolute Gasteiger partial charge is 0.329 e. The van der Waals surface area contributed by atoms with Gasteiger partial charge in [0.15, 0.2) is 11.6 Å². The van der Waals surface area contributed by atoms with E-state index in [2.05, 4.69) is 5.32 Å². The molecule has 3 N–H and O–H groups in total. The third-order valence-electron chi connectivity index (χ3n) is 2.75. The molecule has 19 heavy (non-hydrogen) atoms. The molecule has 0 amide bonds. The van der Waals surface area contributed by atoms with Crippen molar-refractivity contribution >= 4 is 11.3 Å². The first-order valence-corrected chi connectivity index (χ1v) is 6.60. The first-order chi connectivity index (χ1) is 9.11. The molecule has 2 nitrogen and oxygen atoms in total. The average molecular weight is 286 g/mol. The number of nitrogens with two attached hydrogens (primary N) is 1. The van der Waals surface area contributed by atoms with E-state index in [0.29, 0.717) is 12.6 Å². The molecule has 0 saturated carbocycles. The van der Waals surface area contributed by atoms with Gasteiger partial charge in [-0.3, -0.25) is 0 Å². The molecule has 0 aliphatic heterocycles. The van der Waals surface area contributed by atoms with E-state index in [1.165, 1.54) is 0 Å². The predicted molar refractivity (Wildman–Crippen MR) is 69.3 cm³/mol. The Bertz CT molecular complexity index is 543. The fourth-order valence-electron chi connectivity index (χ4n) is 1.76. The van der Waals surface area contributed by atoms with Gasteiger partial charge < -0.3 is 11.1 Å². The molecular formula is C13H13F3N2S. The summed E-state index contributed by atoms with van der Waals surface area (Å²) in [6.07, 6.45) is 0. The van der Waals surface area contributed by atoms with Crippen molar-refractivity contribution in [1.29, 1.82) is 0 Å². The van der Waals surface area contributed by atoms with Gasteiger partial charge in [-0.1, -0.05) is 6.07 Å². The van der Waals surface area contributed by atoms with E-state index in [-0.39, 0.29) is 12.1 Å². The van der Waals surface area contributed by atoms with E-state index in [0.717, 1.165) is 10.9 Å². The van der Waals surface area contributed by atoms with Gasteiger partial charge in [0.25, 0.3) is 0 Å². The van der Waals surface area contributed by atoms with E-state index >= 15 is 0 Å².